The Hall–Kier alpha value is -0.860. The average Bonchev–Trinajstić information content (AvgIpc) is 2.51. The number of nitrogens with one attached hydrogen (secondary N) is 1. The van der Waals surface area contributed by atoms with Gasteiger partial charge >= 0.3 is 0 Å². The molecule has 1 fully saturated rings. The van der Waals surface area contributed by atoms with Crippen LogP contribution in [-0.2, 0) is 6.54 Å². The molecule has 0 aliphatic carbocycles. The highest BCUT2D eigenvalue weighted by Gasteiger charge is 2.18. The fourth-order valence-electron chi connectivity index (χ4n) is 2.65. The Labute approximate surface area is 127 Å². The zero-order valence-corrected chi connectivity index (χ0v) is 13.8. The standard InChI is InChI=1S/C16H26N2.C2H6.H2/c1-3-17-12-15-8-10-18(11-9-15)13-16-6-4-14(2)5-7-16;1-2;/h4-7,15,17H,3,8-13H2,1-2H3;1-2H3;1H. The van der Waals surface area contributed by atoms with Crippen molar-refractivity contribution in [2.75, 3.05) is 26.2 Å². The number of hydrogen-bond donors (Lipinski definition) is 1. The third kappa shape index (κ3) is 6.06. The van der Waals surface area contributed by atoms with Crippen molar-refractivity contribution in [1.82, 2.24) is 10.2 Å². The predicted octanol–water partition coefficient (Wildman–Crippen LogP) is 4.09. The highest BCUT2D eigenvalue weighted by atomic mass is 15.1. The van der Waals surface area contributed by atoms with Crippen LogP contribution in [0.2, 0.25) is 0 Å². The Morgan fingerprint density at radius 3 is 2.30 bits per heavy atom. The van der Waals surface area contributed by atoms with Crippen molar-refractivity contribution >= 4 is 0 Å². The number of aryl methyl sites for hydroxylation is 1. The predicted molar refractivity (Wildman–Crippen MR) is 91.2 cm³/mol. The number of benzene rings is 1. The molecule has 0 atom stereocenters. The summed E-state index contributed by atoms with van der Waals surface area (Å²) in [6.45, 7) is 14.3. The molecule has 0 spiro atoms. The summed E-state index contributed by atoms with van der Waals surface area (Å²) in [4.78, 5) is 2.59. The lowest BCUT2D eigenvalue weighted by Crippen LogP contribution is -2.36. The number of piperidine rings is 1. The Balaban J connectivity index is 0.00000128. The van der Waals surface area contributed by atoms with Crippen molar-refractivity contribution in [3.8, 4) is 0 Å². The summed E-state index contributed by atoms with van der Waals surface area (Å²) in [5.41, 5.74) is 2.80. The zero-order valence-electron chi connectivity index (χ0n) is 13.8. The van der Waals surface area contributed by atoms with Crippen molar-refractivity contribution in [3.63, 3.8) is 0 Å². The summed E-state index contributed by atoms with van der Waals surface area (Å²) in [5.74, 6) is 0.888. The van der Waals surface area contributed by atoms with Gasteiger partial charge < -0.3 is 5.32 Å². The lowest BCUT2D eigenvalue weighted by atomic mass is 9.96. The summed E-state index contributed by atoms with van der Waals surface area (Å²) in [6, 6.07) is 8.96. The number of likely N-dealkylation sites (tertiary alicyclic amines) is 1. The third-order valence-electron chi connectivity index (χ3n) is 3.92. The van der Waals surface area contributed by atoms with E-state index in [9.17, 15) is 0 Å². The molecule has 1 aromatic rings. The van der Waals surface area contributed by atoms with Gasteiger partial charge in [0.1, 0.15) is 0 Å². The molecule has 2 nitrogen and oxygen atoms in total. The second-order valence-electron chi connectivity index (χ2n) is 5.51. The van der Waals surface area contributed by atoms with Gasteiger partial charge in [-0.1, -0.05) is 50.6 Å². The molecule has 0 saturated carbocycles. The first-order valence-corrected chi connectivity index (χ1v) is 8.26. The van der Waals surface area contributed by atoms with Crippen LogP contribution in [0.5, 0.6) is 0 Å². The van der Waals surface area contributed by atoms with Crippen LogP contribution in [0.15, 0.2) is 24.3 Å². The van der Waals surface area contributed by atoms with E-state index < -0.39 is 0 Å². The monoisotopic (exact) mass is 278 g/mol. The normalized spacial score (nSPS) is 16.6. The summed E-state index contributed by atoms with van der Waals surface area (Å²) in [5, 5.41) is 3.47. The van der Waals surface area contributed by atoms with Gasteiger partial charge in [0.2, 0.25) is 0 Å². The van der Waals surface area contributed by atoms with Gasteiger partial charge in [-0.05, 0) is 57.4 Å². The summed E-state index contributed by atoms with van der Waals surface area (Å²) < 4.78 is 0. The first kappa shape index (κ1) is 17.2. The molecule has 0 amide bonds. The maximum atomic E-state index is 3.47. The van der Waals surface area contributed by atoms with Crippen LogP contribution in [0.4, 0.5) is 0 Å². The van der Waals surface area contributed by atoms with E-state index in [0.29, 0.717) is 0 Å². The molecule has 0 unspecified atom stereocenters. The molecule has 1 saturated heterocycles. The maximum absolute atomic E-state index is 3.47. The Morgan fingerprint density at radius 2 is 1.75 bits per heavy atom. The van der Waals surface area contributed by atoms with Crippen LogP contribution in [0.3, 0.4) is 0 Å². The molecule has 1 aliphatic rings. The van der Waals surface area contributed by atoms with Gasteiger partial charge in [0.15, 0.2) is 0 Å². The minimum atomic E-state index is 0. The van der Waals surface area contributed by atoms with E-state index in [4.69, 9.17) is 0 Å². The Kier molecular flexibility index (Phi) is 8.56. The lowest BCUT2D eigenvalue weighted by Gasteiger charge is -2.32. The molecule has 0 bridgehead atoms. The van der Waals surface area contributed by atoms with E-state index in [0.717, 1.165) is 19.0 Å². The molecule has 2 heteroatoms. The van der Waals surface area contributed by atoms with Crippen molar-refractivity contribution in [2.45, 2.75) is 47.1 Å². The van der Waals surface area contributed by atoms with Gasteiger partial charge in [0.25, 0.3) is 0 Å². The molecular weight excluding hydrogens is 244 g/mol. The fraction of sp³-hybridized carbons (Fsp3) is 0.667. The van der Waals surface area contributed by atoms with Crippen molar-refractivity contribution in [2.24, 2.45) is 5.92 Å². The van der Waals surface area contributed by atoms with Gasteiger partial charge in [-0.15, -0.1) is 0 Å². The van der Waals surface area contributed by atoms with Crippen molar-refractivity contribution in [3.05, 3.63) is 35.4 Å². The summed E-state index contributed by atoms with van der Waals surface area (Å²) in [7, 11) is 0. The molecular formula is C18H34N2. The number of nitrogens with zero attached hydrogens (tertiary/aromatic N) is 1. The molecule has 1 N–H and O–H groups in total. The van der Waals surface area contributed by atoms with E-state index in [1.54, 1.807) is 0 Å². The second-order valence-corrected chi connectivity index (χ2v) is 5.51. The summed E-state index contributed by atoms with van der Waals surface area (Å²) >= 11 is 0. The smallest absolute Gasteiger partial charge is 0.0233 e. The van der Waals surface area contributed by atoms with Crippen LogP contribution >= 0.6 is 0 Å². The van der Waals surface area contributed by atoms with E-state index in [1.807, 2.05) is 13.8 Å². The second kappa shape index (κ2) is 9.95. The van der Waals surface area contributed by atoms with E-state index in [2.05, 4.69) is 48.3 Å². The van der Waals surface area contributed by atoms with Crippen LogP contribution < -0.4 is 5.32 Å². The average molecular weight is 278 g/mol. The van der Waals surface area contributed by atoms with Crippen LogP contribution in [0, 0.1) is 12.8 Å². The highest BCUT2D eigenvalue weighted by molar-refractivity contribution is 5.21. The highest BCUT2D eigenvalue weighted by Crippen LogP contribution is 2.18. The van der Waals surface area contributed by atoms with Gasteiger partial charge in [0.05, 0.1) is 0 Å². The van der Waals surface area contributed by atoms with Crippen molar-refractivity contribution in [1.29, 1.82) is 0 Å². The Morgan fingerprint density at radius 1 is 1.15 bits per heavy atom. The van der Waals surface area contributed by atoms with Gasteiger partial charge in [-0.25, -0.2) is 0 Å². The molecule has 116 valence electrons. The quantitative estimate of drug-likeness (QED) is 0.872. The van der Waals surface area contributed by atoms with E-state index >= 15 is 0 Å². The first-order chi connectivity index (χ1) is 9.78. The lowest BCUT2D eigenvalue weighted by molar-refractivity contribution is 0.176. The van der Waals surface area contributed by atoms with Crippen LogP contribution in [0.1, 0.15) is 46.2 Å². The largest absolute Gasteiger partial charge is 0.317 e. The van der Waals surface area contributed by atoms with E-state index in [-0.39, 0.29) is 1.43 Å². The van der Waals surface area contributed by atoms with Gasteiger partial charge in [0, 0.05) is 7.97 Å². The molecule has 1 aromatic carbocycles. The minimum absolute atomic E-state index is 0. The molecule has 1 heterocycles. The topological polar surface area (TPSA) is 15.3 Å². The summed E-state index contributed by atoms with van der Waals surface area (Å²) in [6.07, 6.45) is 2.69. The van der Waals surface area contributed by atoms with Gasteiger partial charge in [-0.3, -0.25) is 4.90 Å². The number of hydrogen-bond acceptors (Lipinski definition) is 2. The SMILES string of the molecule is CC.CCNCC1CCN(Cc2ccc(C)cc2)CC1.[HH]. The fourth-order valence-corrected chi connectivity index (χ4v) is 2.65. The van der Waals surface area contributed by atoms with Gasteiger partial charge in [-0.2, -0.15) is 0 Å². The first-order valence-electron chi connectivity index (χ1n) is 8.26. The zero-order chi connectivity index (χ0) is 14.8. The Bertz CT molecular complexity index is 343. The minimum Gasteiger partial charge on any atom is -0.317 e. The molecule has 0 radical (unpaired) electrons. The molecule has 20 heavy (non-hydrogen) atoms. The maximum Gasteiger partial charge on any atom is 0.0233 e. The molecule has 0 aromatic heterocycles. The third-order valence-corrected chi connectivity index (χ3v) is 3.92. The van der Waals surface area contributed by atoms with Crippen LogP contribution in [0.25, 0.3) is 0 Å². The number of rotatable bonds is 5. The van der Waals surface area contributed by atoms with Crippen molar-refractivity contribution < 1.29 is 1.43 Å². The molecule has 2 rings (SSSR count). The van der Waals surface area contributed by atoms with Crippen LogP contribution in [-0.4, -0.2) is 31.1 Å². The van der Waals surface area contributed by atoms with E-state index in [1.165, 1.54) is 43.6 Å². The molecule has 1 aliphatic heterocycles.